The zero-order chi connectivity index (χ0) is 21.5. The third-order valence-corrected chi connectivity index (χ3v) is 5.60. The third-order valence-electron chi connectivity index (χ3n) is 4.67. The lowest BCUT2D eigenvalue weighted by Crippen LogP contribution is -2.33. The van der Waals surface area contributed by atoms with Crippen molar-refractivity contribution < 1.29 is 9.53 Å². The van der Waals surface area contributed by atoms with Crippen molar-refractivity contribution in [1.29, 1.82) is 0 Å². The standard InChI is InChI=1S/C23H28N4O2S/c1-5-17(4)24-21(28)15-30-23-26-25-22(18-9-7-8-16(3)14-18)27(23)19-10-12-20(13-11-19)29-6-2/h7-14,17H,5-6,15H2,1-4H3,(H,24,28)/t17-/m0/s1. The molecule has 0 bridgehead atoms. The van der Waals surface area contributed by atoms with Crippen molar-refractivity contribution in [2.45, 2.75) is 45.3 Å². The van der Waals surface area contributed by atoms with Crippen LogP contribution in [0.25, 0.3) is 17.1 Å². The Morgan fingerprint density at radius 3 is 2.60 bits per heavy atom. The first-order valence-corrected chi connectivity index (χ1v) is 11.2. The molecule has 1 atom stereocenters. The molecule has 0 spiro atoms. The molecule has 1 heterocycles. The zero-order valence-electron chi connectivity index (χ0n) is 17.9. The van der Waals surface area contributed by atoms with Gasteiger partial charge < -0.3 is 10.1 Å². The number of nitrogens with zero attached hydrogens (tertiary/aromatic N) is 3. The van der Waals surface area contributed by atoms with Crippen LogP contribution in [0.2, 0.25) is 0 Å². The molecule has 0 saturated carbocycles. The monoisotopic (exact) mass is 424 g/mol. The molecular weight excluding hydrogens is 396 g/mol. The number of thioether (sulfide) groups is 1. The van der Waals surface area contributed by atoms with Crippen LogP contribution in [0, 0.1) is 6.92 Å². The lowest BCUT2D eigenvalue weighted by Gasteiger charge is -2.13. The number of ether oxygens (including phenoxy) is 1. The summed E-state index contributed by atoms with van der Waals surface area (Å²) in [5.74, 6) is 1.84. The maximum atomic E-state index is 12.3. The molecule has 3 rings (SSSR count). The number of benzene rings is 2. The first kappa shape index (κ1) is 21.9. The van der Waals surface area contributed by atoms with Crippen LogP contribution in [-0.4, -0.2) is 39.1 Å². The van der Waals surface area contributed by atoms with Crippen molar-refractivity contribution in [3.63, 3.8) is 0 Å². The molecular formula is C23H28N4O2S. The van der Waals surface area contributed by atoms with Gasteiger partial charge in [-0.3, -0.25) is 9.36 Å². The van der Waals surface area contributed by atoms with Crippen LogP contribution < -0.4 is 10.1 Å². The van der Waals surface area contributed by atoms with E-state index >= 15 is 0 Å². The molecule has 2 aromatic carbocycles. The first-order valence-electron chi connectivity index (χ1n) is 10.2. The van der Waals surface area contributed by atoms with E-state index in [-0.39, 0.29) is 17.7 Å². The van der Waals surface area contributed by atoms with Gasteiger partial charge in [0.1, 0.15) is 5.75 Å². The summed E-state index contributed by atoms with van der Waals surface area (Å²) in [6, 6.07) is 16.2. The molecule has 30 heavy (non-hydrogen) atoms. The van der Waals surface area contributed by atoms with Gasteiger partial charge in [-0.05, 0) is 57.5 Å². The molecule has 0 unspecified atom stereocenters. The van der Waals surface area contributed by atoms with Crippen molar-refractivity contribution >= 4 is 17.7 Å². The Hall–Kier alpha value is -2.80. The van der Waals surface area contributed by atoms with E-state index in [1.165, 1.54) is 11.8 Å². The molecule has 0 aliphatic heterocycles. The molecule has 0 aliphatic rings. The highest BCUT2D eigenvalue weighted by Crippen LogP contribution is 2.29. The molecule has 7 heteroatoms. The number of carbonyl (C=O) groups excluding carboxylic acids is 1. The van der Waals surface area contributed by atoms with Crippen molar-refractivity contribution in [3.8, 4) is 22.8 Å². The Morgan fingerprint density at radius 1 is 1.17 bits per heavy atom. The van der Waals surface area contributed by atoms with Gasteiger partial charge in [-0.2, -0.15) is 0 Å². The molecule has 0 aliphatic carbocycles. The Labute approximate surface area is 182 Å². The second kappa shape index (κ2) is 10.3. The lowest BCUT2D eigenvalue weighted by atomic mass is 10.1. The molecule has 1 amide bonds. The van der Waals surface area contributed by atoms with Crippen LogP contribution in [0.4, 0.5) is 0 Å². The summed E-state index contributed by atoms with van der Waals surface area (Å²) in [7, 11) is 0. The number of amides is 1. The van der Waals surface area contributed by atoms with Crippen LogP contribution >= 0.6 is 11.8 Å². The summed E-state index contributed by atoms with van der Waals surface area (Å²) in [4.78, 5) is 12.3. The molecule has 0 radical (unpaired) electrons. The molecule has 158 valence electrons. The van der Waals surface area contributed by atoms with E-state index in [0.29, 0.717) is 11.8 Å². The molecule has 1 N–H and O–H groups in total. The van der Waals surface area contributed by atoms with Gasteiger partial charge in [0.15, 0.2) is 11.0 Å². The van der Waals surface area contributed by atoms with Gasteiger partial charge in [0.25, 0.3) is 0 Å². The fraction of sp³-hybridized carbons (Fsp3) is 0.348. The van der Waals surface area contributed by atoms with Crippen LogP contribution in [0.5, 0.6) is 5.75 Å². The van der Waals surface area contributed by atoms with Crippen LogP contribution in [0.1, 0.15) is 32.8 Å². The van der Waals surface area contributed by atoms with Crippen molar-refractivity contribution in [2.24, 2.45) is 0 Å². The average Bonchev–Trinajstić information content (AvgIpc) is 3.17. The van der Waals surface area contributed by atoms with E-state index in [1.807, 2.05) is 54.8 Å². The van der Waals surface area contributed by atoms with E-state index in [2.05, 4.69) is 41.5 Å². The van der Waals surface area contributed by atoms with Gasteiger partial charge in [-0.15, -0.1) is 10.2 Å². The highest BCUT2D eigenvalue weighted by molar-refractivity contribution is 7.99. The molecule has 0 fully saturated rings. The van der Waals surface area contributed by atoms with E-state index < -0.39 is 0 Å². The van der Waals surface area contributed by atoms with Gasteiger partial charge in [0.2, 0.25) is 5.91 Å². The zero-order valence-corrected chi connectivity index (χ0v) is 18.7. The minimum absolute atomic E-state index is 0.00676. The van der Waals surface area contributed by atoms with Crippen LogP contribution in [0.3, 0.4) is 0 Å². The molecule has 6 nitrogen and oxygen atoms in total. The Morgan fingerprint density at radius 2 is 1.93 bits per heavy atom. The minimum Gasteiger partial charge on any atom is -0.494 e. The smallest absolute Gasteiger partial charge is 0.230 e. The van der Waals surface area contributed by atoms with E-state index in [4.69, 9.17) is 4.74 Å². The topological polar surface area (TPSA) is 69.0 Å². The average molecular weight is 425 g/mol. The Kier molecular flexibility index (Phi) is 7.52. The van der Waals surface area contributed by atoms with Gasteiger partial charge in [-0.1, -0.05) is 42.4 Å². The summed E-state index contributed by atoms with van der Waals surface area (Å²) in [5, 5.41) is 12.5. The number of carbonyl (C=O) groups is 1. The van der Waals surface area contributed by atoms with Crippen LogP contribution in [0.15, 0.2) is 53.7 Å². The maximum Gasteiger partial charge on any atom is 0.230 e. The Bertz CT molecular complexity index is 985. The van der Waals surface area contributed by atoms with E-state index in [0.717, 1.165) is 34.8 Å². The predicted octanol–water partition coefficient (Wildman–Crippen LogP) is 4.65. The summed E-state index contributed by atoms with van der Waals surface area (Å²) in [6.07, 6.45) is 0.899. The number of rotatable bonds is 9. The minimum atomic E-state index is -0.00676. The lowest BCUT2D eigenvalue weighted by molar-refractivity contribution is -0.119. The number of hydrogen-bond donors (Lipinski definition) is 1. The van der Waals surface area contributed by atoms with Crippen molar-refractivity contribution in [1.82, 2.24) is 20.1 Å². The van der Waals surface area contributed by atoms with Crippen molar-refractivity contribution in [3.05, 3.63) is 54.1 Å². The third kappa shape index (κ3) is 5.42. The number of nitrogens with one attached hydrogen (secondary N) is 1. The summed E-state index contributed by atoms with van der Waals surface area (Å²) >= 11 is 1.38. The number of aryl methyl sites for hydroxylation is 1. The van der Waals surface area contributed by atoms with Gasteiger partial charge >= 0.3 is 0 Å². The first-order chi connectivity index (χ1) is 14.5. The Balaban J connectivity index is 1.93. The second-order valence-corrected chi connectivity index (χ2v) is 8.05. The fourth-order valence-electron chi connectivity index (χ4n) is 2.97. The SMILES string of the molecule is CCOc1ccc(-n2c(SCC(=O)N[C@@H](C)CC)nnc2-c2cccc(C)c2)cc1. The highest BCUT2D eigenvalue weighted by atomic mass is 32.2. The number of hydrogen-bond acceptors (Lipinski definition) is 5. The van der Waals surface area contributed by atoms with Crippen LogP contribution in [-0.2, 0) is 4.79 Å². The fourth-order valence-corrected chi connectivity index (χ4v) is 3.74. The highest BCUT2D eigenvalue weighted by Gasteiger charge is 2.18. The van der Waals surface area contributed by atoms with Gasteiger partial charge in [-0.25, -0.2) is 0 Å². The summed E-state index contributed by atoms with van der Waals surface area (Å²) < 4.78 is 7.56. The normalized spacial score (nSPS) is 11.9. The second-order valence-electron chi connectivity index (χ2n) is 7.10. The quantitative estimate of drug-likeness (QED) is 0.507. The number of aromatic nitrogens is 3. The van der Waals surface area contributed by atoms with E-state index in [1.54, 1.807) is 0 Å². The largest absolute Gasteiger partial charge is 0.494 e. The van der Waals surface area contributed by atoms with Gasteiger partial charge in [0, 0.05) is 17.3 Å². The summed E-state index contributed by atoms with van der Waals surface area (Å²) in [6.45, 7) is 8.68. The molecule has 0 saturated heterocycles. The van der Waals surface area contributed by atoms with Gasteiger partial charge in [0.05, 0.1) is 12.4 Å². The van der Waals surface area contributed by atoms with E-state index in [9.17, 15) is 4.79 Å². The predicted molar refractivity (Wildman–Crippen MR) is 121 cm³/mol. The maximum absolute atomic E-state index is 12.3. The van der Waals surface area contributed by atoms with Crippen molar-refractivity contribution in [2.75, 3.05) is 12.4 Å². The summed E-state index contributed by atoms with van der Waals surface area (Å²) in [5.41, 5.74) is 3.05. The molecule has 1 aromatic heterocycles. The molecule has 3 aromatic rings.